The Morgan fingerprint density at radius 3 is 2.44 bits per heavy atom. The summed E-state index contributed by atoms with van der Waals surface area (Å²) in [7, 11) is 0. The summed E-state index contributed by atoms with van der Waals surface area (Å²) in [5.41, 5.74) is -0.558. The zero-order valence-corrected chi connectivity index (χ0v) is 11.0. The van der Waals surface area contributed by atoms with Crippen molar-refractivity contribution in [3.05, 3.63) is 0 Å². The average Bonchev–Trinajstić information content (AvgIpc) is 2.72. The van der Waals surface area contributed by atoms with E-state index < -0.39 is 17.4 Å². The Kier molecular flexibility index (Phi) is 4.32. The number of carboxylic acid groups (broad SMARTS) is 1. The third-order valence-electron chi connectivity index (χ3n) is 2.94. The molecule has 1 rings (SSSR count). The number of carbonyl (C=O) groups is 3. The first-order valence-electron chi connectivity index (χ1n) is 6.04. The fraction of sp³-hybridized carbons (Fsp3) is 0.750. The molecule has 1 fully saturated rings. The number of rotatable bonds is 3. The van der Waals surface area contributed by atoms with Gasteiger partial charge in [-0.15, -0.1) is 0 Å². The molecule has 1 aliphatic heterocycles. The van der Waals surface area contributed by atoms with Gasteiger partial charge in [-0.2, -0.15) is 0 Å². The highest BCUT2D eigenvalue weighted by Gasteiger charge is 2.34. The summed E-state index contributed by atoms with van der Waals surface area (Å²) in [4.78, 5) is 35.7. The number of nitrogens with one attached hydrogen (secondary N) is 1. The zero-order valence-electron chi connectivity index (χ0n) is 11.0. The molecule has 0 bridgehead atoms. The molecule has 6 heteroatoms. The molecule has 1 saturated heterocycles. The lowest BCUT2D eigenvalue weighted by Crippen LogP contribution is -2.47. The largest absolute Gasteiger partial charge is 0.480 e. The second kappa shape index (κ2) is 5.37. The van der Waals surface area contributed by atoms with Crippen molar-refractivity contribution in [3.8, 4) is 0 Å². The fourth-order valence-corrected chi connectivity index (χ4v) is 1.84. The Bertz CT molecular complexity index is 360. The Morgan fingerprint density at radius 1 is 1.33 bits per heavy atom. The topological polar surface area (TPSA) is 86.7 Å². The van der Waals surface area contributed by atoms with Crippen LogP contribution < -0.4 is 5.32 Å². The standard InChI is InChI=1S/C12H20N2O4/c1-12(2,3)11(18)13-7-9(15)14-6-4-5-8(14)10(16)17/h8H,4-7H2,1-3H3,(H,13,18)(H,16,17). The SMILES string of the molecule is CC(C)(C)C(=O)NCC(=O)N1CCCC1C(=O)O. The molecule has 0 aromatic heterocycles. The third-order valence-corrected chi connectivity index (χ3v) is 2.94. The van der Waals surface area contributed by atoms with Crippen LogP contribution in [0.5, 0.6) is 0 Å². The first-order valence-corrected chi connectivity index (χ1v) is 6.04. The Balaban J connectivity index is 2.51. The maximum absolute atomic E-state index is 11.8. The predicted molar refractivity (Wildman–Crippen MR) is 64.8 cm³/mol. The van der Waals surface area contributed by atoms with Crippen LogP contribution in [-0.2, 0) is 14.4 Å². The number of nitrogens with zero attached hydrogens (tertiary/aromatic N) is 1. The van der Waals surface area contributed by atoms with Gasteiger partial charge in [0, 0.05) is 12.0 Å². The van der Waals surface area contributed by atoms with E-state index in [0.717, 1.165) is 0 Å². The highest BCUT2D eigenvalue weighted by Crippen LogP contribution is 2.17. The molecule has 0 spiro atoms. The van der Waals surface area contributed by atoms with E-state index in [2.05, 4.69) is 5.32 Å². The van der Waals surface area contributed by atoms with Crippen LogP contribution in [0.15, 0.2) is 0 Å². The molecule has 1 heterocycles. The minimum atomic E-state index is -0.983. The molecule has 102 valence electrons. The number of carboxylic acids is 1. The van der Waals surface area contributed by atoms with E-state index in [1.807, 2.05) is 0 Å². The van der Waals surface area contributed by atoms with Crippen LogP contribution in [0, 0.1) is 5.41 Å². The molecule has 0 radical (unpaired) electrons. The van der Waals surface area contributed by atoms with Crippen molar-refractivity contribution in [1.82, 2.24) is 10.2 Å². The molecule has 0 aromatic rings. The first kappa shape index (κ1) is 14.5. The maximum Gasteiger partial charge on any atom is 0.326 e. The van der Waals surface area contributed by atoms with Gasteiger partial charge in [-0.1, -0.05) is 20.8 Å². The zero-order chi connectivity index (χ0) is 13.9. The lowest BCUT2D eigenvalue weighted by molar-refractivity contribution is -0.148. The van der Waals surface area contributed by atoms with Gasteiger partial charge in [0.05, 0.1) is 6.54 Å². The van der Waals surface area contributed by atoms with Gasteiger partial charge in [0.1, 0.15) is 6.04 Å². The predicted octanol–water partition coefficient (Wildman–Crippen LogP) is 0.224. The van der Waals surface area contributed by atoms with E-state index in [9.17, 15) is 14.4 Å². The summed E-state index contributed by atoms with van der Waals surface area (Å²) in [6, 6.07) is -0.746. The van der Waals surface area contributed by atoms with E-state index in [-0.39, 0.29) is 18.4 Å². The number of carbonyl (C=O) groups excluding carboxylic acids is 2. The molecule has 6 nitrogen and oxygen atoms in total. The lowest BCUT2D eigenvalue weighted by atomic mass is 9.96. The molecule has 1 atom stereocenters. The number of likely N-dealkylation sites (tertiary alicyclic amines) is 1. The molecule has 0 saturated carbocycles. The first-order chi connectivity index (χ1) is 8.23. The normalized spacial score (nSPS) is 19.7. The Morgan fingerprint density at radius 2 is 1.94 bits per heavy atom. The van der Waals surface area contributed by atoms with Crippen LogP contribution in [0.2, 0.25) is 0 Å². The second-order valence-corrected chi connectivity index (χ2v) is 5.52. The van der Waals surface area contributed by atoms with Gasteiger partial charge < -0.3 is 15.3 Å². The molecule has 2 amide bonds. The van der Waals surface area contributed by atoms with E-state index in [4.69, 9.17) is 5.11 Å². The maximum atomic E-state index is 11.8. The molecular weight excluding hydrogens is 236 g/mol. The molecule has 18 heavy (non-hydrogen) atoms. The molecule has 0 aliphatic carbocycles. The van der Waals surface area contributed by atoms with E-state index in [1.165, 1.54) is 4.90 Å². The van der Waals surface area contributed by atoms with Crippen molar-refractivity contribution in [2.75, 3.05) is 13.1 Å². The second-order valence-electron chi connectivity index (χ2n) is 5.52. The van der Waals surface area contributed by atoms with Crippen molar-refractivity contribution in [1.29, 1.82) is 0 Å². The Labute approximate surface area is 106 Å². The van der Waals surface area contributed by atoms with Crippen LogP contribution in [0.1, 0.15) is 33.6 Å². The summed E-state index contributed by atoms with van der Waals surface area (Å²) >= 11 is 0. The van der Waals surface area contributed by atoms with Gasteiger partial charge in [0.15, 0.2) is 0 Å². The van der Waals surface area contributed by atoms with Crippen molar-refractivity contribution in [2.45, 2.75) is 39.7 Å². The average molecular weight is 256 g/mol. The van der Waals surface area contributed by atoms with Gasteiger partial charge in [-0.25, -0.2) is 4.79 Å². The highest BCUT2D eigenvalue weighted by atomic mass is 16.4. The quantitative estimate of drug-likeness (QED) is 0.756. The van der Waals surface area contributed by atoms with Crippen molar-refractivity contribution in [2.24, 2.45) is 5.41 Å². The van der Waals surface area contributed by atoms with Crippen LogP contribution >= 0.6 is 0 Å². The van der Waals surface area contributed by atoms with E-state index >= 15 is 0 Å². The summed E-state index contributed by atoms with van der Waals surface area (Å²) in [5.74, 6) is -1.54. The minimum Gasteiger partial charge on any atom is -0.480 e. The van der Waals surface area contributed by atoms with Crippen molar-refractivity contribution < 1.29 is 19.5 Å². The van der Waals surface area contributed by atoms with Crippen LogP contribution in [-0.4, -0.2) is 46.9 Å². The fourth-order valence-electron chi connectivity index (χ4n) is 1.84. The lowest BCUT2D eigenvalue weighted by Gasteiger charge is -2.23. The number of hydrogen-bond donors (Lipinski definition) is 2. The molecule has 1 unspecified atom stereocenters. The summed E-state index contributed by atoms with van der Waals surface area (Å²) in [6.07, 6.45) is 1.17. The highest BCUT2D eigenvalue weighted by molar-refractivity contribution is 5.89. The van der Waals surface area contributed by atoms with Gasteiger partial charge in [0.2, 0.25) is 11.8 Å². The van der Waals surface area contributed by atoms with Crippen molar-refractivity contribution >= 4 is 17.8 Å². The van der Waals surface area contributed by atoms with Crippen LogP contribution in [0.25, 0.3) is 0 Å². The number of hydrogen-bond acceptors (Lipinski definition) is 3. The van der Waals surface area contributed by atoms with Gasteiger partial charge in [-0.05, 0) is 12.8 Å². The monoisotopic (exact) mass is 256 g/mol. The summed E-state index contributed by atoms with van der Waals surface area (Å²) < 4.78 is 0. The van der Waals surface area contributed by atoms with Crippen LogP contribution in [0.3, 0.4) is 0 Å². The van der Waals surface area contributed by atoms with Gasteiger partial charge in [-0.3, -0.25) is 9.59 Å². The number of aliphatic carboxylic acids is 1. The van der Waals surface area contributed by atoms with E-state index in [0.29, 0.717) is 19.4 Å². The molecule has 1 aliphatic rings. The number of amides is 2. The van der Waals surface area contributed by atoms with Crippen LogP contribution in [0.4, 0.5) is 0 Å². The minimum absolute atomic E-state index is 0.139. The molecule has 2 N–H and O–H groups in total. The van der Waals surface area contributed by atoms with Gasteiger partial charge in [0.25, 0.3) is 0 Å². The summed E-state index contributed by atoms with van der Waals surface area (Å²) in [6.45, 7) is 5.56. The van der Waals surface area contributed by atoms with E-state index in [1.54, 1.807) is 20.8 Å². The van der Waals surface area contributed by atoms with Crippen molar-refractivity contribution in [3.63, 3.8) is 0 Å². The molecular formula is C12H20N2O4. The summed E-state index contributed by atoms with van der Waals surface area (Å²) in [5, 5.41) is 11.5. The Hall–Kier alpha value is -1.59. The van der Waals surface area contributed by atoms with Gasteiger partial charge >= 0.3 is 5.97 Å². The smallest absolute Gasteiger partial charge is 0.326 e. The third kappa shape index (κ3) is 3.45. The molecule has 0 aromatic carbocycles.